The van der Waals surface area contributed by atoms with Crippen LogP contribution < -0.4 is 5.73 Å². The summed E-state index contributed by atoms with van der Waals surface area (Å²) in [6, 6.07) is 6.33. The number of thiazole rings is 1. The summed E-state index contributed by atoms with van der Waals surface area (Å²) >= 11 is 1.55. The smallest absolute Gasteiger partial charge is 0.212 e. The topological polar surface area (TPSA) is 69.6 Å². The van der Waals surface area contributed by atoms with Crippen LogP contribution in [0.1, 0.15) is 22.5 Å². The van der Waals surface area contributed by atoms with E-state index in [1.165, 1.54) is 11.1 Å². The fourth-order valence-electron chi connectivity index (χ4n) is 2.20. The Hall–Kier alpha value is -2.05. The second kappa shape index (κ2) is 5.38. The molecule has 0 aliphatic carbocycles. The molecule has 6 heteroatoms. The van der Waals surface area contributed by atoms with E-state index >= 15 is 0 Å². The molecule has 3 rings (SSSR count). The summed E-state index contributed by atoms with van der Waals surface area (Å²) in [5.41, 5.74) is 12.1. The molecule has 0 spiro atoms. The quantitative estimate of drug-likeness (QED) is 0.807. The van der Waals surface area contributed by atoms with Gasteiger partial charge in [-0.05, 0) is 38.0 Å². The Morgan fingerprint density at radius 3 is 2.62 bits per heavy atom. The largest absolute Gasteiger partial charge is 0.325 e. The zero-order valence-corrected chi connectivity index (χ0v) is 13.1. The highest BCUT2D eigenvalue weighted by atomic mass is 32.1. The van der Waals surface area contributed by atoms with Crippen molar-refractivity contribution < 1.29 is 0 Å². The molecule has 0 saturated heterocycles. The monoisotopic (exact) mass is 299 g/mol. The van der Waals surface area contributed by atoms with Crippen molar-refractivity contribution in [1.29, 1.82) is 0 Å². The van der Waals surface area contributed by atoms with E-state index in [1.54, 1.807) is 16.0 Å². The summed E-state index contributed by atoms with van der Waals surface area (Å²) in [7, 11) is 0. The summed E-state index contributed by atoms with van der Waals surface area (Å²) < 4.78 is 1.78. The highest BCUT2D eigenvalue weighted by Crippen LogP contribution is 2.28. The van der Waals surface area contributed by atoms with Gasteiger partial charge in [0.15, 0.2) is 0 Å². The molecule has 1 aromatic carbocycles. The molecule has 3 aromatic rings. The summed E-state index contributed by atoms with van der Waals surface area (Å²) in [4.78, 5) is 4.49. The third kappa shape index (κ3) is 2.48. The summed E-state index contributed by atoms with van der Waals surface area (Å²) in [5.74, 6) is 0. The van der Waals surface area contributed by atoms with Crippen molar-refractivity contribution in [1.82, 2.24) is 20.0 Å². The average Bonchev–Trinajstić information content (AvgIpc) is 3.07. The molecule has 0 bridgehead atoms. The second-order valence-electron chi connectivity index (χ2n) is 5.07. The first-order valence-corrected chi connectivity index (χ1v) is 7.63. The standard InChI is InChI=1S/C15H17N5S/c1-9-4-5-12(6-10(9)2)14-13(7-16)18-19-20(14)15-17-11(3)8-21-15/h4-6,8H,7,16H2,1-3H3. The number of nitrogens with zero attached hydrogens (tertiary/aromatic N) is 4. The van der Waals surface area contributed by atoms with Gasteiger partial charge in [-0.15, -0.1) is 16.4 Å². The molecule has 0 aliphatic heterocycles. The molecule has 2 heterocycles. The molecule has 0 amide bonds. The van der Waals surface area contributed by atoms with E-state index in [2.05, 4.69) is 47.3 Å². The molecule has 0 radical (unpaired) electrons. The molecular formula is C15H17N5S. The minimum atomic E-state index is 0.354. The molecule has 0 unspecified atom stereocenters. The maximum atomic E-state index is 5.82. The van der Waals surface area contributed by atoms with E-state index in [9.17, 15) is 0 Å². The molecule has 0 aliphatic rings. The van der Waals surface area contributed by atoms with E-state index in [-0.39, 0.29) is 0 Å². The SMILES string of the molecule is Cc1csc(-n2nnc(CN)c2-c2ccc(C)c(C)c2)n1. The van der Waals surface area contributed by atoms with Gasteiger partial charge in [0.2, 0.25) is 5.13 Å². The van der Waals surface area contributed by atoms with Crippen molar-refractivity contribution in [2.45, 2.75) is 27.3 Å². The van der Waals surface area contributed by atoms with Gasteiger partial charge in [-0.1, -0.05) is 17.3 Å². The van der Waals surface area contributed by atoms with Crippen molar-refractivity contribution in [3.05, 3.63) is 46.1 Å². The highest BCUT2D eigenvalue weighted by Gasteiger charge is 2.17. The Kier molecular flexibility index (Phi) is 3.57. The maximum absolute atomic E-state index is 5.82. The number of hydrogen-bond donors (Lipinski definition) is 1. The van der Waals surface area contributed by atoms with Crippen LogP contribution in [0.3, 0.4) is 0 Å². The Labute approximate surface area is 127 Å². The minimum Gasteiger partial charge on any atom is -0.325 e. The lowest BCUT2D eigenvalue weighted by Crippen LogP contribution is -2.03. The number of nitrogens with two attached hydrogens (primary N) is 1. The molecule has 0 atom stereocenters. The fourth-order valence-corrected chi connectivity index (χ4v) is 2.95. The average molecular weight is 299 g/mol. The van der Waals surface area contributed by atoms with Crippen LogP contribution in [0.2, 0.25) is 0 Å². The number of aryl methyl sites for hydroxylation is 3. The predicted octanol–water partition coefficient (Wildman–Crippen LogP) is 2.77. The van der Waals surface area contributed by atoms with E-state index in [0.717, 1.165) is 27.8 Å². The Balaban J connectivity index is 2.20. The van der Waals surface area contributed by atoms with E-state index in [4.69, 9.17) is 5.73 Å². The molecule has 0 saturated carbocycles. The van der Waals surface area contributed by atoms with Crippen LogP contribution in [0.15, 0.2) is 23.6 Å². The van der Waals surface area contributed by atoms with Crippen molar-refractivity contribution in [2.75, 3.05) is 0 Å². The van der Waals surface area contributed by atoms with Crippen LogP contribution in [0, 0.1) is 20.8 Å². The van der Waals surface area contributed by atoms with Crippen LogP contribution in [0.5, 0.6) is 0 Å². The summed E-state index contributed by atoms with van der Waals surface area (Å²) in [6.07, 6.45) is 0. The number of rotatable bonds is 3. The van der Waals surface area contributed by atoms with Crippen LogP contribution >= 0.6 is 11.3 Å². The van der Waals surface area contributed by atoms with Gasteiger partial charge in [-0.3, -0.25) is 0 Å². The minimum absolute atomic E-state index is 0.354. The van der Waals surface area contributed by atoms with Crippen LogP contribution in [0.25, 0.3) is 16.4 Å². The maximum Gasteiger partial charge on any atom is 0.212 e. The third-order valence-corrected chi connectivity index (χ3v) is 4.44. The van der Waals surface area contributed by atoms with Crippen molar-refractivity contribution >= 4 is 11.3 Å². The first-order valence-electron chi connectivity index (χ1n) is 6.75. The lowest BCUT2D eigenvalue weighted by atomic mass is 10.0. The van der Waals surface area contributed by atoms with Gasteiger partial charge < -0.3 is 5.73 Å². The second-order valence-corrected chi connectivity index (χ2v) is 5.91. The summed E-state index contributed by atoms with van der Waals surface area (Å²) in [6.45, 7) is 6.52. The van der Waals surface area contributed by atoms with Gasteiger partial charge in [0.25, 0.3) is 0 Å². The lowest BCUT2D eigenvalue weighted by Gasteiger charge is -2.08. The fraction of sp³-hybridized carbons (Fsp3) is 0.267. The normalized spacial score (nSPS) is 11.0. The van der Waals surface area contributed by atoms with Crippen molar-refractivity contribution in [3.63, 3.8) is 0 Å². The number of hydrogen-bond acceptors (Lipinski definition) is 5. The first-order chi connectivity index (χ1) is 10.1. The summed E-state index contributed by atoms with van der Waals surface area (Å²) in [5, 5.41) is 11.3. The van der Waals surface area contributed by atoms with E-state index < -0.39 is 0 Å². The molecule has 2 aromatic heterocycles. The van der Waals surface area contributed by atoms with Gasteiger partial charge in [0.05, 0.1) is 5.69 Å². The van der Waals surface area contributed by atoms with Crippen LogP contribution in [-0.4, -0.2) is 20.0 Å². The zero-order chi connectivity index (χ0) is 15.0. The van der Waals surface area contributed by atoms with Gasteiger partial charge in [-0.2, -0.15) is 4.68 Å². The Morgan fingerprint density at radius 2 is 2.00 bits per heavy atom. The molecule has 0 fully saturated rings. The third-order valence-electron chi connectivity index (χ3n) is 3.50. The molecule has 2 N–H and O–H groups in total. The molecule has 21 heavy (non-hydrogen) atoms. The number of benzene rings is 1. The van der Waals surface area contributed by atoms with E-state index in [1.807, 2.05) is 12.3 Å². The zero-order valence-electron chi connectivity index (χ0n) is 12.3. The van der Waals surface area contributed by atoms with Gasteiger partial charge in [-0.25, -0.2) is 4.98 Å². The highest BCUT2D eigenvalue weighted by molar-refractivity contribution is 7.12. The molecule has 108 valence electrons. The molecular weight excluding hydrogens is 282 g/mol. The van der Waals surface area contributed by atoms with Crippen LogP contribution in [-0.2, 0) is 6.54 Å². The van der Waals surface area contributed by atoms with Gasteiger partial charge >= 0.3 is 0 Å². The van der Waals surface area contributed by atoms with Gasteiger partial charge in [0.1, 0.15) is 11.4 Å². The lowest BCUT2D eigenvalue weighted by molar-refractivity contribution is 0.792. The van der Waals surface area contributed by atoms with E-state index in [0.29, 0.717) is 6.54 Å². The number of aromatic nitrogens is 4. The Bertz CT molecular complexity index is 787. The Morgan fingerprint density at radius 1 is 1.19 bits per heavy atom. The van der Waals surface area contributed by atoms with Crippen molar-refractivity contribution in [3.8, 4) is 16.4 Å². The van der Waals surface area contributed by atoms with Gasteiger partial charge in [0, 0.05) is 17.5 Å². The van der Waals surface area contributed by atoms with Crippen LogP contribution in [0.4, 0.5) is 0 Å². The van der Waals surface area contributed by atoms with Crippen molar-refractivity contribution in [2.24, 2.45) is 5.73 Å². The first kappa shape index (κ1) is 13.9. The molecule has 5 nitrogen and oxygen atoms in total. The predicted molar refractivity (Wildman–Crippen MR) is 84.6 cm³/mol.